The number of benzene rings is 1. The molecule has 0 spiro atoms. The first-order valence-electron chi connectivity index (χ1n) is 9.04. The van der Waals surface area contributed by atoms with Crippen LogP contribution in [0.2, 0.25) is 0 Å². The number of hydrazone groups is 1. The van der Waals surface area contributed by atoms with Gasteiger partial charge in [0.1, 0.15) is 5.82 Å². The maximum absolute atomic E-state index is 13.3. The summed E-state index contributed by atoms with van der Waals surface area (Å²) in [6.45, 7) is 1.81. The van der Waals surface area contributed by atoms with Gasteiger partial charge >= 0.3 is 0 Å². The van der Waals surface area contributed by atoms with Gasteiger partial charge in [0, 0.05) is 16.9 Å². The van der Waals surface area contributed by atoms with Gasteiger partial charge in [0.2, 0.25) is 0 Å². The molecule has 29 heavy (non-hydrogen) atoms. The summed E-state index contributed by atoms with van der Waals surface area (Å²) < 4.78 is 13.3. The summed E-state index contributed by atoms with van der Waals surface area (Å²) in [5.74, 6) is -1.30. The van der Waals surface area contributed by atoms with Crippen molar-refractivity contribution in [1.29, 1.82) is 0 Å². The predicted octanol–water partition coefficient (Wildman–Crippen LogP) is 4.36. The molecule has 2 amide bonds. The standard InChI is InChI=1S/C21H18FN3O2S2/c1-13-7-9-29-20(13)17-11-16(18-6-3-8-28-18)24-25(17)19(26)12-23-21(27)14-4-2-5-15(22)10-14/h2-10,17H,11-12H2,1H3,(H,23,27)/t17-/m0/s1. The lowest BCUT2D eigenvalue weighted by Crippen LogP contribution is -2.38. The lowest BCUT2D eigenvalue weighted by Gasteiger charge is -2.21. The molecule has 3 heterocycles. The smallest absolute Gasteiger partial charge is 0.262 e. The van der Waals surface area contributed by atoms with E-state index in [4.69, 9.17) is 0 Å². The van der Waals surface area contributed by atoms with Gasteiger partial charge in [-0.15, -0.1) is 22.7 Å². The molecule has 5 nitrogen and oxygen atoms in total. The summed E-state index contributed by atoms with van der Waals surface area (Å²) >= 11 is 3.18. The van der Waals surface area contributed by atoms with E-state index in [-0.39, 0.29) is 24.1 Å². The van der Waals surface area contributed by atoms with Crippen molar-refractivity contribution in [2.75, 3.05) is 6.54 Å². The minimum atomic E-state index is -0.498. The number of hydrogen-bond donors (Lipinski definition) is 1. The number of thiophene rings is 2. The zero-order valence-corrected chi connectivity index (χ0v) is 17.2. The third-order valence-electron chi connectivity index (χ3n) is 4.66. The topological polar surface area (TPSA) is 61.8 Å². The summed E-state index contributed by atoms with van der Waals surface area (Å²) in [5, 5.41) is 12.6. The molecule has 4 rings (SSSR count). The Morgan fingerprint density at radius 3 is 2.76 bits per heavy atom. The third kappa shape index (κ3) is 4.13. The monoisotopic (exact) mass is 427 g/mol. The molecule has 0 bridgehead atoms. The Bertz CT molecular complexity index is 1080. The van der Waals surface area contributed by atoms with Crippen molar-refractivity contribution in [3.63, 3.8) is 0 Å². The second kappa shape index (κ2) is 8.26. The molecule has 0 radical (unpaired) electrons. The number of amides is 2. The van der Waals surface area contributed by atoms with Gasteiger partial charge in [-0.1, -0.05) is 12.1 Å². The zero-order chi connectivity index (χ0) is 20.4. The van der Waals surface area contributed by atoms with Crippen LogP contribution in [-0.4, -0.2) is 29.1 Å². The number of carbonyl (C=O) groups is 2. The van der Waals surface area contributed by atoms with Crippen LogP contribution < -0.4 is 5.32 Å². The summed E-state index contributed by atoms with van der Waals surface area (Å²) in [6.07, 6.45) is 0.630. The van der Waals surface area contributed by atoms with Crippen molar-refractivity contribution in [2.24, 2.45) is 5.10 Å². The molecule has 0 unspecified atom stereocenters. The van der Waals surface area contributed by atoms with Crippen LogP contribution in [0.4, 0.5) is 4.39 Å². The van der Waals surface area contributed by atoms with E-state index in [9.17, 15) is 14.0 Å². The fourth-order valence-corrected chi connectivity index (χ4v) is 4.96. The average Bonchev–Trinajstić information content (AvgIpc) is 3.45. The highest BCUT2D eigenvalue weighted by atomic mass is 32.1. The predicted molar refractivity (Wildman–Crippen MR) is 113 cm³/mol. The van der Waals surface area contributed by atoms with Crippen molar-refractivity contribution in [3.8, 4) is 0 Å². The molecule has 1 aliphatic heterocycles. The van der Waals surface area contributed by atoms with E-state index in [1.165, 1.54) is 23.2 Å². The van der Waals surface area contributed by atoms with Crippen LogP contribution in [0, 0.1) is 12.7 Å². The molecule has 0 saturated carbocycles. The maximum Gasteiger partial charge on any atom is 0.262 e. The highest BCUT2D eigenvalue weighted by molar-refractivity contribution is 7.12. The van der Waals surface area contributed by atoms with Crippen LogP contribution in [0.15, 0.2) is 58.3 Å². The number of nitrogens with one attached hydrogen (secondary N) is 1. The summed E-state index contributed by atoms with van der Waals surface area (Å²) in [5.41, 5.74) is 2.15. The molecule has 0 fully saturated rings. The van der Waals surface area contributed by atoms with Crippen molar-refractivity contribution in [1.82, 2.24) is 10.3 Å². The van der Waals surface area contributed by atoms with E-state index in [0.29, 0.717) is 6.42 Å². The zero-order valence-electron chi connectivity index (χ0n) is 15.6. The molecule has 1 aromatic carbocycles. The van der Waals surface area contributed by atoms with Gasteiger partial charge in [0.15, 0.2) is 0 Å². The molecule has 1 atom stereocenters. The second-order valence-electron chi connectivity index (χ2n) is 6.64. The lowest BCUT2D eigenvalue weighted by molar-refractivity contribution is -0.131. The van der Waals surface area contributed by atoms with E-state index < -0.39 is 11.7 Å². The van der Waals surface area contributed by atoms with Crippen LogP contribution in [0.5, 0.6) is 0 Å². The fraction of sp³-hybridized carbons (Fsp3) is 0.190. The Labute approximate surface area is 175 Å². The Morgan fingerprint density at radius 2 is 2.07 bits per heavy atom. The molecule has 3 aromatic rings. The van der Waals surface area contributed by atoms with E-state index in [1.54, 1.807) is 22.7 Å². The van der Waals surface area contributed by atoms with E-state index >= 15 is 0 Å². The fourth-order valence-electron chi connectivity index (χ4n) is 3.23. The van der Waals surface area contributed by atoms with Crippen LogP contribution in [-0.2, 0) is 4.79 Å². The van der Waals surface area contributed by atoms with Crippen LogP contribution in [0.1, 0.15) is 38.1 Å². The normalized spacial score (nSPS) is 16.0. The highest BCUT2D eigenvalue weighted by Crippen LogP contribution is 2.37. The first-order valence-corrected chi connectivity index (χ1v) is 10.8. The summed E-state index contributed by atoms with van der Waals surface area (Å²) in [7, 11) is 0. The minimum Gasteiger partial charge on any atom is -0.343 e. The Kier molecular flexibility index (Phi) is 5.55. The van der Waals surface area contributed by atoms with Gasteiger partial charge < -0.3 is 5.32 Å². The van der Waals surface area contributed by atoms with E-state index in [2.05, 4.69) is 10.4 Å². The number of rotatable bonds is 5. The summed E-state index contributed by atoms with van der Waals surface area (Å²) in [6, 6.07) is 11.1. The first-order chi connectivity index (χ1) is 14.0. The summed E-state index contributed by atoms with van der Waals surface area (Å²) in [4.78, 5) is 27.3. The molecule has 2 aromatic heterocycles. The second-order valence-corrected chi connectivity index (χ2v) is 8.54. The molecule has 148 valence electrons. The highest BCUT2D eigenvalue weighted by Gasteiger charge is 2.34. The van der Waals surface area contributed by atoms with Crippen molar-refractivity contribution in [3.05, 3.63) is 79.9 Å². The Hall–Kier alpha value is -2.84. The quantitative estimate of drug-likeness (QED) is 0.657. The maximum atomic E-state index is 13.3. The molecule has 8 heteroatoms. The Morgan fingerprint density at radius 1 is 1.21 bits per heavy atom. The van der Waals surface area contributed by atoms with Crippen LogP contribution >= 0.6 is 22.7 Å². The van der Waals surface area contributed by atoms with Crippen LogP contribution in [0.3, 0.4) is 0 Å². The Balaban J connectivity index is 1.52. The molecular formula is C21H18FN3O2S2. The number of carbonyl (C=O) groups excluding carboxylic acids is 2. The lowest BCUT2D eigenvalue weighted by atomic mass is 10.1. The third-order valence-corrected chi connectivity index (χ3v) is 6.70. The average molecular weight is 428 g/mol. The van der Waals surface area contributed by atoms with Crippen molar-refractivity contribution >= 4 is 40.2 Å². The number of aryl methyl sites for hydroxylation is 1. The number of hydrogen-bond acceptors (Lipinski definition) is 5. The van der Waals surface area contributed by atoms with E-state index in [1.807, 2.05) is 35.9 Å². The molecule has 0 saturated heterocycles. The number of nitrogens with zero attached hydrogens (tertiary/aromatic N) is 2. The van der Waals surface area contributed by atoms with Gasteiger partial charge in [-0.25, -0.2) is 9.40 Å². The first kappa shape index (κ1) is 19.5. The van der Waals surface area contributed by atoms with Crippen LogP contribution in [0.25, 0.3) is 0 Å². The van der Waals surface area contributed by atoms with E-state index in [0.717, 1.165) is 27.1 Å². The van der Waals surface area contributed by atoms with Gasteiger partial charge in [-0.3, -0.25) is 9.59 Å². The van der Waals surface area contributed by atoms with Gasteiger partial charge in [0.05, 0.1) is 23.2 Å². The SMILES string of the molecule is Cc1ccsc1[C@@H]1CC(c2cccs2)=NN1C(=O)CNC(=O)c1cccc(F)c1. The molecule has 1 aliphatic rings. The minimum absolute atomic E-state index is 0.174. The van der Waals surface area contributed by atoms with Crippen molar-refractivity contribution < 1.29 is 14.0 Å². The van der Waals surface area contributed by atoms with Gasteiger partial charge in [-0.2, -0.15) is 5.10 Å². The van der Waals surface area contributed by atoms with Crippen molar-refractivity contribution in [2.45, 2.75) is 19.4 Å². The number of halogens is 1. The molecular weight excluding hydrogens is 409 g/mol. The molecule has 1 N–H and O–H groups in total. The van der Waals surface area contributed by atoms with Gasteiger partial charge in [0.25, 0.3) is 11.8 Å². The molecule has 0 aliphatic carbocycles. The largest absolute Gasteiger partial charge is 0.343 e. The van der Waals surface area contributed by atoms with Gasteiger partial charge in [-0.05, 0) is 53.6 Å².